The molecule has 2 aliphatic heterocycles. The van der Waals surface area contributed by atoms with E-state index in [9.17, 15) is 34.6 Å². The molecule has 3 aromatic carbocycles. The predicted molar refractivity (Wildman–Crippen MR) is 196 cm³/mol. The summed E-state index contributed by atoms with van der Waals surface area (Å²) in [4.78, 5) is 70.1. The molecule has 2 aliphatic rings. The number of hydrogen-bond acceptors (Lipinski definition) is 11. The molecule has 2 heterocycles. The van der Waals surface area contributed by atoms with E-state index in [0.29, 0.717) is 68.3 Å². The van der Waals surface area contributed by atoms with Gasteiger partial charge in [-0.2, -0.15) is 16.8 Å². The zero-order valence-electron chi connectivity index (χ0n) is 29.3. The van der Waals surface area contributed by atoms with Crippen molar-refractivity contribution in [1.29, 1.82) is 0 Å². The van der Waals surface area contributed by atoms with E-state index in [4.69, 9.17) is 14.2 Å². The molecule has 0 unspecified atom stereocenters. The van der Waals surface area contributed by atoms with Gasteiger partial charge in [0.15, 0.2) is 0 Å². The first kappa shape index (κ1) is 38.5. The van der Waals surface area contributed by atoms with Crippen molar-refractivity contribution in [3.8, 4) is 5.75 Å². The number of hydrogen-bond donors (Lipinski definition) is 0. The second-order valence-electron chi connectivity index (χ2n) is 12.5. The van der Waals surface area contributed by atoms with Gasteiger partial charge in [0.25, 0.3) is 11.4 Å². The number of methoxy groups -OCH3 is 1. The van der Waals surface area contributed by atoms with Crippen LogP contribution in [0.3, 0.4) is 0 Å². The van der Waals surface area contributed by atoms with Gasteiger partial charge in [-0.3, -0.25) is 29.9 Å². The van der Waals surface area contributed by atoms with Crippen molar-refractivity contribution in [2.24, 2.45) is 4.99 Å². The summed E-state index contributed by atoms with van der Waals surface area (Å²) in [7, 11) is 1.61. The van der Waals surface area contributed by atoms with Crippen LogP contribution in [0.25, 0.3) is 0 Å². The minimum atomic E-state index is -0.801. The molecule has 5 rings (SSSR count). The molecule has 0 N–H and O–H groups in total. The first-order valence-corrected chi connectivity index (χ1v) is 18.0. The lowest BCUT2D eigenvalue weighted by molar-refractivity contribution is -0.385. The number of nitro groups is 2. The second-order valence-corrected chi connectivity index (χ2v) is 13.8. The van der Waals surface area contributed by atoms with Crippen LogP contribution in [0, 0.1) is 20.2 Å². The number of aliphatic imine (C=N–C) groups is 1. The standard InChI is InChI=1S/C36H40N6O10S/c1-25(37-35(44)51-22-26-4-10-29(11-5-26)41(46)47)38-16-3-17-39(19-18-38)34(43)33-20-32(53-24-28-8-14-31(50-2)15-9-28)21-40(33)36(45)52-23-27-6-12-30(13-7-27)42(48)49/h4-15,32-33H,3,16-24H2,1-2H3/t32-,33-/m0/s1. The molecular weight excluding hydrogens is 708 g/mol. The fourth-order valence-corrected chi connectivity index (χ4v) is 7.20. The molecule has 3 aromatic rings. The Morgan fingerprint density at radius 2 is 1.34 bits per heavy atom. The van der Waals surface area contributed by atoms with Gasteiger partial charge >= 0.3 is 12.2 Å². The third kappa shape index (κ3) is 10.7. The van der Waals surface area contributed by atoms with Crippen LogP contribution in [-0.2, 0) is 33.2 Å². The van der Waals surface area contributed by atoms with Crippen molar-refractivity contribution in [1.82, 2.24) is 14.7 Å². The molecule has 53 heavy (non-hydrogen) atoms. The Balaban J connectivity index is 1.19. The molecule has 17 heteroatoms. The lowest BCUT2D eigenvalue weighted by Crippen LogP contribution is -2.49. The van der Waals surface area contributed by atoms with Crippen molar-refractivity contribution in [3.63, 3.8) is 0 Å². The second kappa shape index (κ2) is 18.2. The van der Waals surface area contributed by atoms with Crippen molar-refractivity contribution < 1.29 is 38.4 Å². The molecule has 2 saturated heterocycles. The normalized spacial score (nSPS) is 17.5. The Labute approximate surface area is 310 Å². The monoisotopic (exact) mass is 748 g/mol. The highest BCUT2D eigenvalue weighted by molar-refractivity contribution is 7.99. The SMILES string of the molecule is COc1ccc(CS[C@H]2C[C@@H](C(=O)N3CCCN(C(C)=NC(=O)OCc4ccc([N+](=O)[O-])cc4)CC3)N(C(=O)OCc3ccc([N+](=O)[O-])cc3)C2)cc1. The van der Waals surface area contributed by atoms with E-state index in [1.807, 2.05) is 29.2 Å². The molecular formula is C36H40N6O10S. The van der Waals surface area contributed by atoms with Crippen LogP contribution in [0.15, 0.2) is 77.8 Å². The molecule has 16 nitrogen and oxygen atoms in total. The molecule has 0 spiro atoms. The quantitative estimate of drug-likeness (QED) is 0.0992. The average Bonchev–Trinajstić information content (AvgIpc) is 3.44. The van der Waals surface area contributed by atoms with Gasteiger partial charge in [0.2, 0.25) is 5.91 Å². The molecule has 0 bridgehead atoms. The third-order valence-electron chi connectivity index (χ3n) is 8.96. The summed E-state index contributed by atoms with van der Waals surface area (Å²) in [5, 5.41) is 21.9. The van der Waals surface area contributed by atoms with Gasteiger partial charge < -0.3 is 24.0 Å². The molecule has 0 aromatic heterocycles. The largest absolute Gasteiger partial charge is 0.497 e. The molecule has 3 amide bonds. The number of amides is 3. The van der Waals surface area contributed by atoms with Crippen LogP contribution in [0.5, 0.6) is 5.75 Å². The summed E-state index contributed by atoms with van der Waals surface area (Å²) in [5.74, 6) is 1.67. The third-order valence-corrected chi connectivity index (χ3v) is 10.3. The lowest BCUT2D eigenvalue weighted by Gasteiger charge is -2.29. The number of ether oxygens (including phenoxy) is 3. The number of non-ortho nitro benzene ring substituents is 2. The van der Waals surface area contributed by atoms with E-state index in [-0.39, 0.29) is 35.7 Å². The van der Waals surface area contributed by atoms with Gasteiger partial charge in [-0.25, -0.2) is 9.59 Å². The molecule has 0 radical (unpaired) electrons. The van der Waals surface area contributed by atoms with Crippen LogP contribution >= 0.6 is 11.8 Å². The van der Waals surface area contributed by atoms with Gasteiger partial charge in [-0.15, -0.1) is 0 Å². The number of nitrogens with zero attached hydrogens (tertiary/aromatic N) is 6. The lowest BCUT2D eigenvalue weighted by atomic mass is 10.2. The molecule has 0 saturated carbocycles. The van der Waals surface area contributed by atoms with Gasteiger partial charge in [-0.1, -0.05) is 12.1 Å². The van der Waals surface area contributed by atoms with E-state index in [0.717, 1.165) is 11.3 Å². The minimum absolute atomic E-state index is 0.0344. The Morgan fingerprint density at radius 3 is 1.92 bits per heavy atom. The van der Waals surface area contributed by atoms with Gasteiger partial charge in [0.05, 0.1) is 17.0 Å². The van der Waals surface area contributed by atoms with Crippen molar-refractivity contribution in [2.45, 2.75) is 50.0 Å². The smallest absolute Gasteiger partial charge is 0.435 e. The van der Waals surface area contributed by atoms with E-state index in [1.165, 1.54) is 53.4 Å². The number of carbonyl (C=O) groups excluding carboxylic acids is 3. The van der Waals surface area contributed by atoms with Crippen LogP contribution < -0.4 is 4.74 Å². The van der Waals surface area contributed by atoms with Gasteiger partial charge in [-0.05, 0) is 72.9 Å². The molecule has 2 fully saturated rings. The topological polar surface area (TPSA) is 187 Å². The number of rotatable bonds is 11. The predicted octanol–water partition coefficient (Wildman–Crippen LogP) is 5.81. The number of thioether (sulfide) groups is 1. The maximum atomic E-state index is 14.1. The van der Waals surface area contributed by atoms with Crippen molar-refractivity contribution in [2.75, 3.05) is 39.8 Å². The Hall–Kier alpha value is -5.71. The fraction of sp³-hybridized carbons (Fsp3) is 0.389. The average molecular weight is 749 g/mol. The molecule has 2 atom stereocenters. The highest BCUT2D eigenvalue weighted by atomic mass is 32.2. The number of nitro benzene ring substituents is 2. The summed E-state index contributed by atoms with van der Waals surface area (Å²) in [5.41, 5.74) is 2.11. The first-order valence-electron chi connectivity index (χ1n) is 16.9. The van der Waals surface area contributed by atoms with E-state index in [1.54, 1.807) is 30.7 Å². The highest BCUT2D eigenvalue weighted by Crippen LogP contribution is 2.32. The van der Waals surface area contributed by atoms with Gasteiger partial charge in [0.1, 0.15) is 30.8 Å². The van der Waals surface area contributed by atoms with Crippen LogP contribution in [0.4, 0.5) is 21.0 Å². The molecule has 0 aliphatic carbocycles. The van der Waals surface area contributed by atoms with Crippen LogP contribution in [-0.4, -0.2) is 99.6 Å². The summed E-state index contributed by atoms with van der Waals surface area (Å²) in [6.45, 7) is 3.53. The van der Waals surface area contributed by atoms with Crippen molar-refractivity contribution >= 4 is 47.1 Å². The van der Waals surface area contributed by atoms with Crippen molar-refractivity contribution in [3.05, 3.63) is 110 Å². The summed E-state index contributed by atoms with van der Waals surface area (Å²) in [6, 6.07) is 18.4. The number of likely N-dealkylation sites (tertiary alicyclic amines) is 1. The zero-order valence-corrected chi connectivity index (χ0v) is 30.1. The Bertz CT molecular complexity index is 1810. The Morgan fingerprint density at radius 1 is 0.792 bits per heavy atom. The van der Waals surface area contributed by atoms with Gasteiger partial charge in [0, 0.05) is 68.0 Å². The van der Waals surface area contributed by atoms with E-state index < -0.39 is 28.1 Å². The molecule has 280 valence electrons. The van der Waals surface area contributed by atoms with Crippen LogP contribution in [0.1, 0.15) is 36.5 Å². The zero-order chi connectivity index (χ0) is 37.9. The highest BCUT2D eigenvalue weighted by Gasteiger charge is 2.42. The number of benzene rings is 3. The summed E-state index contributed by atoms with van der Waals surface area (Å²) >= 11 is 1.66. The summed E-state index contributed by atoms with van der Waals surface area (Å²) in [6.07, 6.45) is -0.400. The van der Waals surface area contributed by atoms with Crippen LogP contribution in [0.2, 0.25) is 0 Å². The maximum absolute atomic E-state index is 14.1. The fourth-order valence-electron chi connectivity index (χ4n) is 6.00. The number of carbonyl (C=O) groups is 3. The van der Waals surface area contributed by atoms with E-state index in [2.05, 4.69) is 4.99 Å². The maximum Gasteiger partial charge on any atom is 0.435 e. The number of amidine groups is 1. The minimum Gasteiger partial charge on any atom is -0.497 e. The Kier molecular flexibility index (Phi) is 13.2. The summed E-state index contributed by atoms with van der Waals surface area (Å²) < 4.78 is 16.1. The van der Waals surface area contributed by atoms with E-state index >= 15 is 0 Å². The first-order chi connectivity index (χ1) is 25.5.